The molecule has 1 heterocycles. The zero-order chi connectivity index (χ0) is 17.0. The highest BCUT2D eigenvalue weighted by Crippen LogP contribution is 2.39. The van der Waals surface area contributed by atoms with Crippen molar-refractivity contribution in [3.05, 3.63) is 17.7 Å². The number of ketones is 1. The van der Waals surface area contributed by atoms with E-state index in [0.717, 1.165) is 12.8 Å². The first kappa shape index (κ1) is 17.1. The Morgan fingerprint density at radius 1 is 1.22 bits per heavy atom. The van der Waals surface area contributed by atoms with Crippen LogP contribution in [-0.2, 0) is 4.79 Å². The minimum atomic E-state index is -0.182. The summed E-state index contributed by atoms with van der Waals surface area (Å²) in [5, 5.41) is 10.2. The largest absolute Gasteiger partial charge is 0.504 e. The first-order chi connectivity index (χ1) is 11.0. The van der Waals surface area contributed by atoms with Crippen LogP contribution < -0.4 is 9.47 Å². The molecule has 0 aromatic heterocycles. The molecular formula is C17H23NO5. The van der Waals surface area contributed by atoms with Crippen LogP contribution in [0.2, 0.25) is 0 Å². The molecule has 1 aromatic rings. The number of ether oxygens (including phenoxy) is 2. The SMILES string of the molecule is COc1ccc(C(=O)CC2CCN(C(C)=O)CC2)c(O)c1OC. The summed E-state index contributed by atoms with van der Waals surface area (Å²) >= 11 is 0. The van der Waals surface area contributed by atoms with E-state index >= 15 is 0 Å². The van der Waals surface area contributed by atoms with Crippen LogP contribution in [0.1, 0.15) is 36.5 Å². The molecule has 23 heavy (non-hydrogen) atoms. The molecule has 126 valence electrons. The second-order valence-corrected chi connectivity index (χ2v) is 5.77. The smallest absolute Gasteiger partial charge is 0.219 e. The van der Waals surface area contributed by atoms with Gasteiger partial charge in [0.2, 0.25) is 11.7 Å². The number of hydrogen-bond donors (Lipinski definition) is 1. The highest BCUT2D eigenvalue weighted by Gasteiger charge is 2.25. The van der Waals surface area contributed by atoms with Gasteiger partial charge in [0.15, 0.2) is 17.3 Å². The molecule has 0 bridgehead atoms. The Bertz CT molecular complexity index is 591. The van der Waals surface area contributed by atoms with Gasteiger partial charge in [-0.3, -0.25) is 9.59 Å². The van der Waals surface area contributed by atoms with Crippen LogP contribution >= 0.6 is 0 Å². The Hall–Kier alpha value is -2.24. The zero-order valence-electron chi connectivity index (χ0n) is 13.8. The third-order valence-corrected chi connectivity index (χ3v) is 4.35. The summed E-state index contributed by atoms with van der Waals surface area (Å²) < 4.78 is 10.2. The molecule has 1 saturated heterocycles. The molecule has 6 nitrogen and oxygen atoms in total. The molecule has 2 rings (SSSR count). The van der Waals surface area contributed by atoms with Gasteiger partial charge in [0.1, 0.15) is 0 Å². The lowest BCUT2D eigenvalue weighted by molar-refractivity contribution is -0.130. The van der Waals surface area contributed by atoms with Crippen molar-refractivity contribution in [2.45, 2.75) is 26.2 Å². The second kappa shape index (κ2) is 7.35. The van der Waals surface area contributed by atoms with E-state index in [1.54, 1.807) is 24.0 Å². The molecule has 0 atom stereocenters. The summed E-state index contributed by atoms with van der Waals surface area (Å²) in [7, 11) is 2.89. The maximum absolute atomic E-state index is 12.5. The number of piperidine rings is 1. The van der Waals surface area contributed by atoms with E-state index < -0.39 is 0 Å². The van der Waals surface area contributed by atoms with E-state index in [9.17, 15) is 14.7 Å². The van der Waals surface area contributed by atoms with Crippen molar-refractivity contribution >= 4 is 11.7 Å². The topological polar surface area (TPSA) is 76.1 Å². The van der Waals surface area contributed by atoms with Crippen LogP contribution in [0.3, 0.4) is 0 Å². The Kier molecular flexibility index (Phi) is 5.47. The van der Waals surface area contributed by atoms with E-state index in [-0.39, 0.29) is 34.7 Å². The lowest BCUT2D eigenvalue weighted by atomic mass is 9.89. The summed E-state index contributed by atoms with van der Waals surface area (Å²) in [5.74, 6) is 0.557. The number of phenolic OH excluding ortho intramolecular Hbond substituents is 1. The molecule has 1 N–H and O–H groups in total. The van der Waals surface area contributed by atoms with E-state index in [0.29, 0.717) is 25.3 Å². The molecule has 1 aliphatic heterocycles. The summed E-state index contributed by atoms with van der Waals surface area (Å²) in [6, 6.07) is 3.17. The minimum absolute atomic E-state index is 0.0762. The molecule has 0 radical (unpaired) electrons. The summed E-state index contributed by atoms with van der Waals surface area (Å²) in [6.07, 6.45) is 1.97. The monoisotopic (exact) mass is 321 g/mol. The third-order valence-electron chi connectivity index (χ3n) is 4.35. The molecule has 0 aliphatic carbocycles. The number of carbonyl (C=O) groups excluding carboxylic acids is 2. The summed E-state index contributed by atoms with van der Waals surface area (Å²) in [6.45, 7) is 2.93. The quantitative estimate of drug-likeness (QED) is 0.842. The van der Waals surface area contributed by atoms with Crippen molar-refractivity contribution in [3.63, 3.8) is 0 Å². The number of amides is 1. The first-order valence-corrected chi connectivity index (χ1v) is 7.70. The van der Waals surface area contributed by atoms with Crippen molar-refractivity contribution in [1.29, 1.82) is 0 Å². The maximum Gasteiger partial charge on any atom is 0.219 e. The first-order valence-electron chi connectivity index (χ1n) is 7.70. The second-order valence-electron chi connectivity index (χ2n) is 5.77. The third kappa shape index (κ3) is 3.75. The van der Waals surface area contributed by atoms with E-state index in [2.05, 4.69) is 0 Å². The van der Waals surface area contributed by atoms with Crippen LogP contribution in [0.4, 0.5) is 0 Å². The molecular weight excluding hydrogens is 298 g/mol. The molecule has 6 heteroatoms. The van der Waals surface area contributed by atoms with Crippen LogP contribution in [0.5, 0.6) is 17.2 Å². The van der Waals surface area contributed by atoms with Gasteiger partial charge in [-0.05, 0) is 30.9 Å². The number of phenols is 1. The normalized spacial score (nSPS) is 15.3. The number of aromatic hydroxyl groups is 1. The average Bonchev–Trinajstić information content (AvgIpc) is 2.54. The van der Waals surface area contributed by atoms with Gasteiger partial charge in [-0.15, -0.1) is 0 Å². The van der Waals surface area contributed by atoms with Crippen molar-refractivity contribution in [1.82, 2.24) is 4.90 Å². The predicted octanol–water partition coefficient (Wildman–Crippen LogP) is 2.24. The molecule has 0 saturated carbocycles. The van der Waals surface area contributed by atoms with Gasteiger partial charge in [-0.25, -0.2) is 0 Å². The predicted molar refractivity (Wildman–Crippen MR) is 85.1 cm³/mol. The molecule has 1 aliphatic rings. The molecule has 1 amide bonds. The van der Waals surface area contributed by atoms with E-state index in [1.165, 1.54) is 14.2 Å². The Balaban J connectivity index is 2.06. The van der Waals surface area contributed by atoms with Crippen molar-refractivity contribution < 1.29 is 24.2 Å². The zero-order valence-corrected chi connectivity index (χ0v) is 13.8. The number of nitrogens with zero attached hydrogens (tertiary/aromatic N) is 1. The van der Waals surface area contributed by atoms with Crippen molar-refractivity contribution in [2.75, 3.05) is 27.3 Å². The fourth-order valence-corrected chi connectivity index (χ4v) is 2.96. The number of benzene rings is 1. The van der Waals surface area contributed by atoms with Crippen molar-refractivity contribution in [3.8, 4) is 17.2 Å². The molecule has 1 aromatic carbocycles. The van der Waals surface area contributed by atoms with Crippen molar-refractivity contribution in [2.24, 2.45) is 5.92 Å². The van der Waals surface area contributed by atoms with E-state index in [4.69, 9.17) is 9.47 Å². The standard InChI is InChI=1S/C17H23NO5/c1-11(19)18-8-6-12(7-9-18)10-14(20)13-4-5-15(22-2)17(23-3)16(13)21/h4-5,12,21H,6-10H2,1-3H3. The highest BCUT2D eigenvalue weighted by molar-refractivity contribution is 5.99. The summed E-state index contributed by atoms with van der Waals surface area (Å²) in [5.41, 5.74) is 0.247. The number of likely N-dealkylation sites (tertiary alicyclic amines) is 1. The van der Waals surface area contributed by atoms with E-state index in [1.807, 2.05) is 0 Å². The van der Waals surface area contributed by atoms with Crippen LogP contribution in [0.15, 0.2) is 12.1 Å². The van der Waals surface area contributed by atoms with Crippen LogP contribution in [-0.4, -0.2) is 49.0 Å². The lowest BCUT2D eigenvalue weighted by Gasteiger charge is -2.31. The van der Waals surface area contributed by atoms with Gasteiger partial charge in [0.05, 0.1) is 19.8 Å². The average molecular weight is 321 g/mol. The van der Waals surface area contributed by atoms with Gasteiger partial charge < -0.3 is 19.5 Å². The fraction of sp³-hybridized carbons (Fsp3) is 0.529. The number of methoxy groups -OCH3 is 2. The van der Waals surface area contributed by atoms with Gasteiger partial charge >= 0.3 is 0 Å². The molecule has 1 fully saturated rings. The number of rotatable bonds is 5. The number of hydrogen-bond acceptors (Lipinski definition) is 5. The maximum atomic E-state index is 12.5. The summed E-state index contributed by atoms with van der Waals surface area (Å²) in [4.78, 5) is 25.6. The molecule has 0 unspecified atom stereocenters. The van der Waals surface area contributed by atoms with Gasteiger partial charge in [0.25, 0.3) is 0 Å². The van der Waals surface area contributed by atoms with Crippen LogP contribution in [0.25, 0.3) is 0 Å². The number of carbonyl (C=O) groups is 2. The van der Waals surface area contributed by atoms with Gasteiger partial charge in [-0.1, -0.05) is 0 Å². The molecule has 0 spiro atoms. The number of Topliss-reactive ketones (excluding diaryl/α,β-unsaturated/α-hetero) is 1. The minimum Gasteiger partial charge on any atom is -0.504 e. The Morgan fingerprint density at radius 3 is 2.39 bits per heavy atom. The fourth-order valence-electron chi connectivity index (χ4n) is 2.96. The highest BCUT2D eigenvalue weighted by atomic mass is 16.5. The van der Waals surface area contributed by atoms with Gasteiger partial charge in [0, 0.05) is 26.4 Å². The van der Waals surface area contributed by atoms with Crippen LogP contribution in [0, 0.1) is 5.92 Å². The van der Waals surface area contributed by atoms with Gasteiger partial charge in [-0.2, -0.15) is 0 Å². The Labute approximate surface area is 136 Å². The Morgan fingerprint density at radius 2 is 1.87 bits per heavy atom. The lowest BCUT2D eigenvalue weighted by Crippen LogP contribution is -2.37.